The molecule has 2 aromatic rings. The summed E-state index contributed by atoms with van der Waals surface area (Å²) in [5.41, 5.74) is 6.16. The first-order valence-electron chi connectivity index (χ1n) is 8.28. The van der Waals surface area contributed by atoms with Gasteiger partial charge in [0.2, 0.25) is 11.8 Å². The lowest BCUT2D eigenvalue weighted by atomic mass is 10.1. The van der Waals surface area contributed by atoms with Gasteiger partial charge >= 0.3 is 0 Å². The molecule has 24 heavy (non-hydrogen) atoms. The molecule has 128 valence electrons. The van der Waals surface area contributed by atoms with E-state index < -0.39 is 0 Å². The highest BCUT2D eigenvalue weighted by Crippen LogP contribution is 2.24. The molecule has 1 aromatic heterocycles. The summed E-state index contributed by atoms with van der Waals surface area (Å²) < 4.78 is 5.79. The number of carbonyl (C=O) groups is 2. The van der Waals surface area contributed by atoms with E-state index in [-0.39, 0.29) is 29.8 Å². The van der Waals surface area contributed by atoms with Crippen LogP contribution in [-0.4, -0.2) is 35.8 Å². The molecule has 0 aliphatic carbocycles. The van der Waals surface area contributed by atoms with Gasteiger partial charge in [-0.1, -0.05) is 18.2 Å². The zero-order chi connectivity index (χ0) is 17.3. The standard InChI is InChI=1S/C18H23N3O3/c1-11(16-9-13-5-3-4-6-15(13)24-16)20-18(23)12(2)21-8-7-14(10-21)17(19)22/h3-6,9,11-12,14H,7-8,10H2,1-2H3,(H2,19,22)(H,20,23)/t11-,12+,14+/m0/s1. The average Bonchev–Trinajstić information content (AvgIpc) is 3.20. The molecular formula is C18H23N3O3. The van der Waals surface area contributed by atoms with Gasteiger partial charge in [0.1, 0.15) is 11.3 Å². The Hall–Kier alpha value is -2.34. The van der Waals surface area contributed by atoms with Gasteiger partial charge in [0.25, 0.3) is 0 Å². The number of rotatable bonds is 5. The van der Waals surface area contributed by atoms with Gasteiger partial charge < -0.3 is 15.5 Å². The predicted octanol–water partition coefficient (Wildman–Crippen LogP) is 1.81. The number of fused-ring (bicyclic) bond motifs is 1. The highest BCUT2D eigenvalue weighted by atomic mass is 16.3. The second-order valence-corrected chi connectivity index (χ2v) is 6.48. The quantitative estimate of drug-likeness (QED) is 0.875. The molecule has 0 spiro atoms. The van der Waals surface area contributed by atoms with Crippen LogP contribution >= 0.6 is 0 Å². The smallest absolute Gasteiger partial charge is 0.237 e. The number of likely N-dealkylation sites (tertiary alicyclic amines) is 1. The molecule has 0 radical (unpaired) electrons. The van der Waals surface area contributed by atoms with Crippen LogP contribution in [0.4, 0.5) is 0 Å². The van der Waals surface area contributed by atoms with Crippen LogP contribution in [0.2, 0.25) is 0 Å². The van der Waals surface area contributed by atoms with Gasteiger partial charge in [-0.3, -0.25) is 14.5 Å². The Morgan fingerprint density at radius 2 is 2.08 bits per heavy atom. The van der Waals surface area contributed by atoms with Gasteiger partial charge in [-0.05, 0) is 38.9 Å². The molecule has 3 rings (SSSR count). The molecular weight excluding hydrogens is 306 g/mol. The molecule has 1 aliphatic heterocycles. The number of benzene rings is 1. The summed E-state index contributed by atoms with van der Waals surface area (Å²) in [5, 5.41) is 4.01. The van der Waals surface area contributed by atoms with E-state index in [1.807, 2.05) is 49.1 Å². The molecule has 2 heterocycles. The Labute approximate surface area is 141 Å². The third-order valence-corrected chi connectivity index (χ3v) is 4.78. The highest BCUT2D eigenvalue weighted by Gasteiger charge is 2.32. The summed E-state index contributed by atoms with van der Waals surface area (Å²) in [7, 11) is 0. The van der Waals surface area contributed by atoms with Crippen molar-refractivity contribution >= 4 is 22.8 Å². The molecule has 0 unspecified atom stereocenters. The van der Waals surface area contributed by atoms with E-state index in [2.05, 4.69) is 5.32 Å². The Balaban J connectivity index is 1.62. The van der Waals surface area contributed by atoms with Crippen LogP contribution < -0.4 is 11.1 Å². The number of nitrogens with one attached hydrogen (secondary N) is 1. The van der Waals surface area contributed by atoms with Crippen LogP contribution in [0.25, 0.3) is 11.0 Å². The van der Waals surface area contributed by atoms with Crippen molar-refractivity contribution < 1.29 is 14.0 Å². The Bertz CT molecular complexity index is 722. The summed E-state index contributed by atoms with van der Waals surface area (Å²) in [6, 6.07) is 9.18. The van der Waals surface area contributed by atoms with Crippen molar-refractivity contribution in [1.29, 1.82) is 0 Å². The minimum Gasteiger partial charge on any atom is -0.459 e. The van der Waals surface area contributed by atoms with Crippen LogP contribution in [0.5, 0.6) is 0 Å². The van der Waals surface area contributed by atoms with E-state index in [0.717, 1.165) is 16.7 Å². The fourth-order valence-corrected chi connectivity index (χ4v) is 3.16. The van der Waals surface area contributed by atoms with Crippen molar-refractivity contribution in [2.24, 2.45) is 11.7 Å². The minimum atomic E-state index is -0.304. The van der Waals surface area contributed by atoms with Crippen LogP contribution in [0.1, 0.15) is 32.1 Å². The van der Waals surface area contributed by atoms with Gasteiger partial charge in [-0.15, -0.1) is 0 Å². The van der Waals surface area contributed by atoms with Crippen molar-refractivity contribution in [2.45, 2.75) is 32.4 Å². The zero-order valence-corrected chi connectivity index (χ0v) is 14.0. The maximum atomic E-state index is 12.5. The Morgan fingerprint density at radius 1 is 1.33 bits per heavy atom. The minimum absolute atomic E-state index is 0.0759. The van der Waals surface area contributed by atoms with Crippen molar-refractivity contribution in [3.05, 3.63) is 36.1 Å². The van der Waals surface area contributed by atoms with E-state index in [4.69, 9.17) is 10.2 Å². The van der Waals surface area contributed by atoms with Gasteiger partial charge in [0.15, 0.2) is 0 Å². The van der Waals surface area contributed by atoms with Crippen molar-refractivity contribution in [3.63, 3.8) is 0 Å². The van der Waals surface area contributed by atoms with Crippen molar-refractivity contribution in [3.8, 4) is 0 Å². The number of carbonyl (C=O) groups excluding carboxylic acids is 2. The number of nitrogens with zero attached hydrogens (tertiary/aromatic N) is 1. The van der Waals surface area contributed by atoms with E-state index in [0.29, 0.717) is 19.5 Å². The van der Waals surface area contributed by atoms with Gasteiger partial charge in [-0.2, -0.15) is 0 Å². The lowest BCUT2D eigenvalue weighted by Crippen LogP contribution is -2.45. The fourth-order valence-electron chi connectivity index (χ4n) is 3.16. The van der Waals surface area contributed by atoms with Gasteiger partial charge in [0, 0.05) is 11.9 Å². The van der Waals surface area contributed by atoms with Crippen molar-refractivity contribution in [1.82, 2.24) is 10.2 Å². The maximum absolute atomic E-state index is 12.5. The summed E-state index contributed by atoms with van der Waals surface area (Å²) in [5.74, 6) is 0.204. The third kappa shape index (κ3) is 3.28. The van der Waals surface area contributed by atoms with Crippen LogP contribution in [0.15, 0.2) is 34.7 Å². The summed E-state index contributed by atoms with van der Waals surface area (Å²) in [4.78, 5) is 25.8. The molecule has 2 amide bonds. The summed E-state index contributed by atoms with van der Waals surface area (Å²) in [6.07, 6.45) is 0.714. The first-order valence-corrected chi connectivity index (χ1v) is 8.28. The number of amides is 2. The van der Waals surface area contributed by atoms with Crippen LogP contribution in [0.3, 0.4) is 0 Å². The molecule has 3 N–H and O–H groups in total. The lowest BCUT2D eigenvalue weighted by molar-refractivity contribution is -0.127. The van der Waals surface area contributed by atoms with Crippen LogP contribution in [0, 0.1) is 5.92 Å². The van der Waals surface area contributed by atoms with Gasteiger partial charge in [0.05, 0.1) is 18.0 Å². The number of para-hydroxylation sites is 1. The molecule has 6 heteroatoms. The monoisotopic (exact) mass is 329 g/mol. The van der Waals surface area contributed by atoms with E-state index in [1.165, 1.54) is 0 Å². The summed E-state index contributed by atoms with van der Waals surface area (Å²) >= 11 is 0. The first-order chi connectivity index (χ1) is 11.5. The molecule has 0 saturated carbocycles. The molecule has 3 atom stereocenters. The zero-order valence-electron chi connectivity index (χ0n) is 14.0. The molecule has 0 bridgehead atoms. The number of hydrogen-bond donors (Lipinski definition) is 2. The topological polar surface area (TPSA) is 88.6 Å². The number of furan rings is 1. The lowest BCUT2D eigenvalue weighted by Gasteiger charge is -2.24. The Kier molecular flexibility index (Phi) is 4.57. The highest BCUT2D eigenvalue weighted by molar-refractivity contribution is 5.83. The fraction of sp³-hybridized carbons (Fsp3) is 0.444. The average molecular weight is 329 g/mol. The molecule has 1 aliphatic rings. The van der Waals surface area contributed by atoms with E-state index in [9.17, 15) is 9.59 Å². The van der Waals surface area contributed by atoms with E-state index >= 15 is 0 Å². The largest absolute Gasteiger partial charge is 0.459 e. The summed E-state index contributed by atoms with van der Waals surface area (Å²) in [6.45, 7) is 5.01. The first kappa shape index (κ1) is 16.5. The number of hydrogen-bond acceptors (Lipinski definition) is 4. The van der Waals surface area contributed by atoms with Crippen molar-refractivity contribution in [2.75, 3.05) is 13.1 Å². The molecule has 1 aromatic carbocycles. The SMILES string of the molecule is C[C@H](NC(=O)[C@@H](C)N1CC[C@@H](C(N)=O)C1)c1cc2ccccc2o1. The number of primary amides is 1. The maximum Gasteiger partial charge on any atom is 0.237 e. The van der Waals surface area contributed by atoms with Gasteiger partial charge in [-0.25, -0.2) is 0 Å². The molecule has 1 saturated heterocycles. The Morgan fingerprint density at radius 3 is 2.75 bits per heavy atom. The normalized spacial score (nSPS) is 20.8. The molecule has 1 fully saturated rings. The van der Waals surface area contributed by atoms with E-state index in [1.54, 1.807) is 0 Å². The second-order valence-electron chi connectivity index (χ2n) is 6.48. The number of nitrogens with two attached hydrogens (primary N) is 1. The molecule has 6 nitrogen and oxygen atoms in total. The second kappa shape index (κ2) is 6.65. The third-order valence-electron chi connectivity index (χ3n) is 4.78. The van der Waals surface area contributed by atoms with Crippen LogP contribution in [-0.2, 0) is 9.59 Å². The predicted molar refractivity (Wildman–Crippen MR) is 91.1 cm³/mol.